The molecule has 1 heterocycles. The topological polar surface area (TPSA) is 58.6 Å². The van der Waals surface area contributed by atoms with E-state index in [2.05, 4.69) is 5.32 Å². The normalized spacial score (nSPS) is 18.2. The lowest BCUT2D eigenvalue weighted by molar-refractivity contribution is -0.157. The number of benzene rings is 1. The van der Waals surface area contributed by atoms with Crippen LogP contribution in [0.4, 0.5) is 17.6 Å². The van der Waals surface area contributed by atoms with Crippen molar-refractivity contribution in [3.05, 3.63) is 30.1 Å². The molecule has 2 rings (SSSR count). The number of rotatable bonds is 5. The molecule has 0 bridgehead atoms. The molecule has 0 spiro atoms. The fourth-order valence-electron chi connectivity index (χ4n) is 2.21. The number of alkyl halides is 3. The van der Waals surface area contributed by atoms with Crippen molar-refractivity contribution in [2.45, 2.75) is 18.6 Å². The Hall–Kier alpha value is -2.32. The molecule has 0 aliphatic carbocycles. The minimum Gasteiger partial charge on any atom is -0.481 e. The molecule has 1 aromatic carbocycles. The standard InChI is InChI=1S/C14H14F4N2O3/c15-10-3-1-2-4-11(10)23-7-12(21)19-9-5-13(22)20(6-9)8-14(16,17)18/h1-4,9H,5-8H2,(H,19,21)/t9-/m1/s1. The van der Waals surface area contributed by atoms with Crippen LogP contribution in [0.25, 0.3) is 0 Å². The van der Waals surface area contributed by atoms with Gasteiger partial charge in [-0.3, -0.25) is 9.59 Å². The second kappa shape index (κ2) is 6.84. The first-order valence-electron chi connectivity index (χ1n) is 6.76. The average molecular weight is 334 g/mol. The largest absolute Gasteiger partial charge is 0.481 e. The predicted octanol–water partition coefficient (Wildman–Crippen LogP) is 1.48. The number of carbonyl (C=O) groups excluding carboxylic acids is 2. The van der Waals surface area contributed by atoms with Crippen LogP contribution in [0, 0.1) is 5.82 Å². The summed E-state index contributed by atoms with van der Waals surface area (Å²) in [7, 11) is 0. The summed E-state index contributed by atoms with van der Waals surface area (Å²) >= 11 is 0. The van der Waals surface area contributed by atoms with E-state index in [9.17, 15) is 27.2 Å². The Morgan fingerprint density at radius 2 is 2.04 bits per heavy atom. The number of hydrogen-bond donors (Lipinski definition) is 1. The van der Waals surface area contributed by atoms with E-state index in [4.69, 9.17) is 4.74 Å². The van der Waals surface area contributed by atoms with Crippen molar-refractivity contribution in [1.82, 2.24) is 10.2 Å². The first kappa shape index (κ1) is 17.0. The number of nitrogens with zero attached hydrogens (tertiary/aromatic N) is 1. The summed E-state index contributed by atoms with van der Waals surface area (Å²) in [5.41, 5.74) is 0. The van der Waals surface area contributed by atoms with Crippen LogP contribution in [-0.4, -0.2) is 48.6 Å². The van der Waals surface area contributed by atoms with Gasteiger partial charge in [-0.05, 0) is 12.1 Å². The van der Waals surface area contributed by atoms with Gasteiger partial charge in [0, 0.05) is 13.0 Å². The highest BCUT2D eigenvalue weighted by Crippen LogP contribution is 2.21. The van der Waals surface area contributed by atoms with E-state index >= 15 is 0 Å². The highest BCUT2D eigenvalue weighted by Gasteiger charge is 2.38. The van der Waals surface area contributed by atoms with Crippen LogP contribution in [0.1, 0.15) is 6.42 Å². The predicted molar refractivity (Wildman–Crippen MR) is 71.1 cm³/mol. The molecule has 0 radical (unpaired) electrons. The maximum absolute atomic E-state index is 13.3. The third-order valence-electron chi connectivity index (χ3n) is 3.15. The van der Waals surface area contributed by atoms with Crippen molar-refractivity contribution in [2.75, 3.05) is 19.7 Å². The van der Waals surface area contributed by atoms with Gasteiger partial charge in [0.2, 0.25) is 5.91 Å². The fourth-order valence-corrected chi connectivity index (χ4v) is 2.21. The van der Waals surface area contributed by atoms with Crippen molar-refractivity contribution in [2.24, 2.45) is 0 Å². The van der Waals surface area contributed by atoms with Gasteiger partial charge in [-0.2, -0.15) is 13.2 Å². The van der Waals surface area contributed by atoms with Crippen molar-refractivity contribution in [1.29, 1.82) is 0 Å². The molecule has 5 nitrogen and oxygen atoms in total. The minimum absolute atomic E-state index is 0.108. The van der Waals surface area contributed by atoms with E-state index in [1.165, 1.54) is 18.2 Å². The molecular weight excluding hydrogens is 320 g/mol. The molecular formula is C14H14F4N2O3. The van der Waals surface area contributed by atoms with Crippen molar-refractivity contribution in [3.8, 4) is 5.75 Å². The van der Waals surface area contributed by atoms with Crippen LogP contribution in [0.3, 0.4) is 0 Å². The molecule has 1 aromatic rings. The monoisotopic (exact) mass is 334 g/mol. The zero-order chi connectivity index (χ0) is 17.0. The highest BCUT2D eigenvalue weighted by atomic mass is 19.4. The number of likely N-dealkylation sites (tertiary alicyclic amines) is 1. The van der Waals surface area contributed by atoms with Gasteiger partial charge in [0.05, 0.1) is 6.04 Å². The lowest BCUT2D eigenvalue weighted by atomic mass is 10.2. The van der Waals surface area contributed by atoms with E-state index in [0.717, 1.165) is 6.07 Å². The van der Waals surface area contributed by atoms with Crippen LogP contribution in [0.5, 0.6) is 5.75 Å². The lowest BCUT2D eigenvalue weighted by Gasteiger charge is -2.18. The van der Waals surface area contributed by atoms with E-state index in [-0.39, 0.29) is 18.7 Å². The van der Waals surface area contributed by atoms with Crippen molar-refractivity contribution in [3.63, 3.8) is 0 Å². The first-order valence-corrected chi connectivity index (χ1v) is 6.76. The number of nitrogens with one attached hydrogen (secondary N) is 1. The average Bonchev–Trinajstić information content (AvgIpc) is 2.75. The molecule has 0 unspecified atom stereocenters. The molecule has 23 heavy (non-hydrogen) atoms. The van der Waals surface area contributed by atoms with Crippen molar-refractivity contribution >= 4 is 11.8 Å². The van der Waals surface area contributed by atoms with Crippen LogP contribution >= 0.6 is 0 Å². The van der Waals surface area contributed by atoms with Crippen LogP contribution < -0.4 is 10.1 Å². The first-order chi connectivity index (χ1) is 10.7. The molecule has 0 aromatic heterocycles. The Morgan fingerprint density at radius 3 is 2.70 bits per heavy atom. The van der Waals surface area contributed by atoms with Gasteiger partial charge in [0.15, 0.2) is 18.2 Å². The van der Waals surface area contributed by atoms with Gasteiger partial charge >= 0.3 is 6.18 Å². The molecule has 126 valence electrons. The second-order valence-corrected chi connectivity index (χ2v) is 5.08. The Balaban J connectivity index is 1.80. The summed E-state index contributed by atoms with van der Waals surface area (Å²) in [6, 6.07) is 4.77. The second-order valence-electron chi connectivity index (χ2n) is 5.08. The fraction of sp³-hybridized carbons (Fsp3) is 0.429. The van der Waals surface area contributed by atoms with E-state index in [1.807, 2.05) is 0 Å². The smallest absolute Gasteiger partial charge is 0.406 e. The van der Waals surface area contributed by atoms with Crippen LogP contribution in [0.2, 0.25) is 0 Å². The van der Waals surface area contributed by atoms with Gasteiger partial charge in [0.25, 0.3) is 5.91 Å². The summed E-state index contributed by atoms with van der Waals surface area (Å²) in [4.78, 5) is 23.8. The quantitative estimate of drug-likeness (QED) is 0.830. The van der Waals surface area contributed by atoms with Gasteiger partial charge in [-0.25, -0.2) is 4.39 Å². The summed E-state index contributed by atoms with van der Waals surface area (Å²) in [5, 5.41) is 2.40. The third-order valence-corrected chi connectivity index (χ3v) is 3.15. The number of hydrogen-bond acceptors (Lipinski definition) is 3. The summed E-state index contributed by atoms with van der Waals surface area (Å²) in [5.74, 6) is -2.06. The summed E-state index contributed by atoms with van der Waals surface area (Å²) in [6.45, 7) is -2.06. The zero-order valence-corrected chi connectivity index (χ0v) is 11.9. The SMILES string of the molecule is O=C(COc1ccccc1F)N[C@@H]1CC(=O)N(CC(F)(F)F)C1. The molecule has 1 atom stereocenters. The number of ether oxygens (including phenoxy) is 1. The van der Waals surface area contributed by atoms with Gasteiger partial charge in [0.1, 0.15) is 6.54 Å². The number of halogens is 4. The molecule has 1 saturated heterocycles. The lowest BCUT2D eigenvalue weighted by Crippen LogP contribution is -2.41. The maximum Gasteiger partial charge on any atom is 0.406 e. The Bertz CT molecular complexity index is 592. The Kier molecular flexibility index (Phi) is 5.07. The minimum atomic E-state index is -4.48. The number of carbonyl (C=O) groups is 2. The van der Waals surface area contributed by atoms with Gasteiger partial charge in [-0.1, -0.05) is 12.1 Å². The third kappa shape index (κ3) is 5.11. The number of para-hydroxylation sites is 1. The van der Waals surface area contributed by atoms with Gasteiger partial charge < -0.3 is 15.0 Å². The van der Waals surface area contributed by atoms with E-state index in [1.54, 1.807) is 0 Å². The van der Waals surface area contributed by atoms with E-state index in [0.29, 0.717) is 4.90 Å². The molecule has 0 saturated carbocycles. The maximum atomic E-state index is 13.3. The van der Waals surface area contributed by atoms with Crippen molar-refractivity contribution < 1.29 is 31.9 Å². The van der Waals surface area contributed by atoms with Gasteiger partial charge in [-0.15, -0.1) is 0 Å². The molecule has 2 amide bonds. The van der Waals surface area contributed by atoms with E-state index < -0.39 is 43.0 Å². The Labute approximate surface area is 129 Å². The molecule has 1 aliphatic rings. The summed E-state index contributed by atoms with van der Waals surface area (Å²) < 4.78 is 55.1. The van der Waals surface area contributed by atoms with Crippen LogP contribution in [-0.2, 0) is 9.59 Å². The number of amides is 2. The highest BCUT2D eigenvalue weighted by molar-refractivity contribution is 5.82. The molecule has 9 heteroatoms. The van der Waals surface area contributed by atoms with Crippen LogP contribution in [0.15, 0.2) is 24.3 Å². The zero-order valence-electron chi connectivity index (χ0n) is 11.9. The molecule has 1 N–H and O–H groups in total. The molecule has 1 fully saturated rings. The Morgan fingerprint density at radius 1 is 1.35 bits per heavy atom. The molecule has 1 aliphatic heterocycles. The summed E-state index contributed by atoms with van der Waals surface area (Å²) in [6.07, 6.45) is -4.69.